The minimum Gasteiger partial charge on any atom is -0.477 e. The Balaban J connectivity index is 2.16. The van der Waals surface area contributed by atoms with Crippen LogP contribution in [0.4, 0.5) is 10.1 Å². The lowest BCUT2D eigenvalue weighted by Crippen LogP contribution is -2.24. The Morgan fingerprint density at radius 3 is 2.65 bits per heavy atom. The maximum Gasteiger partial charge on any atom is 0.341 e. The van der Waals surface area contributed by atoms with E-state index in [1.54, 1.807) is 13.0 Å². The van der Waals surface area contributed by atoms with Gasteiger partial charge in [-0.05, 0) is 31.9 Å². The van der Waals surface area contributed by atoms with Crippen LogP contribution in [0.3, 0.4) is 0 Å². The zero-order chi connectivity index (χ0) is 18.8. The number of aromatic nitrogens is 1. The van der Waals surface area contributed by atoms with E-state index in [1.807, 2.05) is 0 Å². The summed E-state index contributed by atoms with van der Waals surface area (Å²) in [7, 11) is 0. The Bertz CT molecular complexity index is 887. The summed E-state index contributed by atoms with van der Waals surface area (Å²) in [5.41, 5.74) is -0.464. The van der Waals surface area contributed by atoms with Gasteiger partial charge in [0, 0.05) is 17.6 Å². The lowest BCUT2D eigenvalue weighted by molar-refractivity contribution is 0.0694. The SMILES string of the molecule is CC(CO)n1cc(C(=O)O)c(=O)c2cc(F)c(NC3CCCCC3)cc21. The number of hydrogen-bond acceptors (Lipinski definition) is 4. The number of aliphatic hydroxyl groups is 1. The van der Waals surface area contributed by atoms with Crippen molar-refractivity contribution in [1.29, 1.82) is 0 Å². The number of fused-ring (bicyclic) bond motifs is 1. The topological polar surface area (TPSA) is 91.6 Å². The largest absolute Gasteiger partial charge is 0.477 e. The van der Waals surface area contributed by atoms with Gasteiger partial charge in [0.15, 0.2) is 0 Å². The van der Waals surface area contributed by atoms with Crippen LogP contribution in [0.2, 0.25) is 0 Å². The molecular weight excluding hydrogens is 339 g/mol. The highest BCUT2D eigenvalue weighted by atomic mass is 19.1. The predicted molar refractivity (Wildman–Crippen MR) is 97.4 cm³/mol. The molecule has 1 aromatic carbocycles. The minimum absolute atomic E-state index is 0.00288. The second kappa shape index (κ2) is 7.45. The van der Waals surface area contributed by atoms with E-state index >= 15 is 0 Å². The number of nitrogens with zero attached hydrogens (tertiary/aromatic N) is 1. The van der Waals surface area contributed by atoms with Crippen molar-refractivity contribution in [3.8, 4) is 0 Å². The van der Waals surface area contributed by atoms with Crippen LogP contribution in [-0.4, -0.2) is 33.4 Å². The molecule has 1 unspecified atom stereocenters. The summed E-state index contributed by atoms with van der Waals surface area (Å²) in [4.78, 5) is 23.8. The van der Waals surface area contributed by atoms with Gasteiger partial charge in [-0.1, -0.05) is 19.3 Å². The van der Waals surface area contributed by atoms with E-state index in [4.69, 9.17) is 0 Å². The van der Waals surface area contributed by atoms with Crippen LogP contribution in [-0.2, 0) is 0 Å². The third kappa shape index (κ3) is 3.44. The van der Waals surface area contributed by atoms with Gasteiger partial charge in [-0.15, -0.1) is 0 Å². The van der Waals surface area contributed by atoms with Crippen LogP contribution in [0.15, 0.2) is 23.1 Å². The molecule has 1 aromatic heterocycles. The molecule has 140 valence electrons. The minimum atomic E-state index is -1.37. The van der Waals surface area contributed by atoms with Crippen molar-refractivity contribution in [3.05, 3.63) is 39.9 Å². The maximum absolute atomic E-state index is 14.6. The third-order valence-electron chi connectivity index (χ3n) is 5.06. The lowest BCUT2D eigenvalue weighted by Gasteiger charge is -2.25. The molecule has 0 saturated heterocycles. The molecule has 1 fully saturated rings. The van der Waals surface area contributed by atoms with Crippen molar-refractivity contribution < 1.29 is 19.4 Å². The van der Waals surface area contributed by atoms with Gasteiger partial charge in [-0.3, -0.25) is 4.79 Å². The fourth-order valence-corrected chi connectivity index (χ4v) is 3.55. The molecule has 1 heterocycles. The number of aromatic carboxylic acids is 1. The summed E-state index contributed by atoms with van der Waals surface area (Å²) in [5, 5.41) is 22.0. The van der Waals surface area contributed by atoms with E-state index < -0.39 is 28.8 Å². The number of anilines is 1. The first kappa shape index (κ1) is 18.4. The summed E-state index contributed by atoms with van der Waals surface area (Å²) >= 11 is 0. The number of rotatable bonds is 5. The first-order valence-corrected chi connectivity index (χ1v) is 8.91. The van der Waals surface area contributed by atoms with Crippen molar-refractivity contribution in [3.63, 3.8) is 0 Å². The Morgan fingerprint density at radius 2 is 2.04 bits per heavy atom. The number of carboxylic acid groups (broad SMARTS) is 1. The molecule has 1 aliphatic rings. The van der Waals surface area contributed by atoms with Crippen molar-refractivity contribution >= 4 is 22.6 Å². The highest BCUT2D eigenvalue weighted by molar-refractivity contribution is 5.93. The second-order valence-corrected chi connectivity index (χ2v) is 6.94. The number of hydrogen-bond donors (Lipinski definition) is 3. The molecule has 1 saturated carbocycles. The molecule has 1 atom stereocenters. The summed E-state index contributed by atoms with van der Waals surface area (Å²) in [6.07, 6.45) is 6.53. The normalized spacial score (nSPS) is 16.6. The van der Waals surface area contributed by atoms with E-state index in [-0.39, 0.29) is 18.0 Å². The van der Waals surface area contributed by atoms with E-state index in [0.29, 0.717) is 11.2 Å². The zero-order valence-corrected chi connectivity index (χ0v) is 14.7. The molecule has 0 radical (unpaired) electrons. The number of carbonyl (C=O) groups is 1. The summed E-state index contributed by atoms with van der Waals surface area (Å²) in [5.74, 6) is -1.95. The molecule has 0 bridgehead atoms. The third-order valence-corrected chi connectivity index (χ3v) is 5.06. The lowest BCUT2D eigenvalue weighted by atomic mass is 9.95. The van der Waals surface area contributed by atoms with Gasteiger partial charge < -0.3 is 20.1 Å². The molecule has 1 aliphatic carbocycles. The van der Waals surface area contributed by atoms with Crippen LogP contribution in [0.5, 0.6) is 0 Å². The van der Waals surface area contributed by atoms with E-state index in [0.717, 1.165) is 31.7 Å². The molecule has 6 nitrogen and oxygen atoms in total. The Kier molecular flexibility index (Phi) is 5.27. The van der Waals surface area contributed by atoms with Gasteiger partial charge in [0.2, 0.25) is 5.43 Å². The number of carboxylic acids is 1. The molecule has 26 heavy (non-hydrogen) atoms. The van der Waals surface area contributed by atoms with E-state index in [9.17, 15) is 24.2 Å². The number of nitrogens with one attached hydrogen (secondary N) is 1. The average molecular weight is 362 g/mol. The smallest absolute Gasteiger partial charge is 0.341 e. The van der Waals surface area contributed by atoms with Gasteiger partial charge in [0.1, 0.15) is 11.4 Å². The van der Waals surface area contributed by atoms with Gasteiger partial charge >= 0.3 is 5.97 Å². The van der Waals surface area contributed by atoms with E-state index in [2.05, 4.69) is 5.32 Å². The van der Waals surface area contributed by atoms with Gasteiger partial charge in [0.05, 0.1) is 23.9 Å². The zero-order valence-electron chi connectivity index (χ0n) is 14.7. The maximum atomic E-state index is 14.6. The summed E-state index contributed by atoms with van der Waals surface area (Å²) < 4.78 is 16.1. The predicted octanol–water partition coefficient (Wildman–Crippen LogP) is 3.14. The first-order valence-electron chi connectivity index (χ1n) is 8.91. The molecule has 0 aliphatic heterocycles. The molecule has 0 spiro atoms. The number of halogens is 1. The average Bonchev–Trinajstić information content (AvgIpc) is 2.63. The standard InChI is InChI=1S/C19H23FN2O4/c1-11(10-23)22-9-14(19(25)26)18(24)13-7-15(20)16(8-17(13)22)21-12-5-3-2-4-6-12/h7-9,11-12,21,23H,2-6,10H2,1H3,(H,25,26). The van der Waals surface area contributed by atoms with E-state index in [1.165, 1.54) is 17.2 Å². The van der Waals surface area contributed by atoms with Gasteiger partial charge in [-0.2, -0.15) is 0 Å². The summed E-state index contributed by atoms with van der Waals surface area (Å²) in [6, 6.07) is 2.36. The highest BCUT2D eigenvalue weighted by Gasteiger charge is 2.20. The fraction of sp³-hybridized carbons (Fsp3) is 0.474. The van der Waals surface area contributed by atoms with Crippen LogP contribution in [0.1, 0.15) is 55.4 Å². The Labute approximate surface area is 150 Å². The number of pyridine rings is 1. The van der Waals surface area contributed by atoms with Crippen LogP contribution in [0, 0.1) is 5.82 Å². The Hall–Kier alpha value is -2.41. The quantitative estimate of drug-likeness (QED) is 0.760. The van der Waals surface area contributed by atoms with Crippen LogP contribution in [0.25, 0.3) is 10.9 Å². The highest BCUT2D eigenvalue weighted by Crippen LogP contribution is 2.27. The summed E-state index contributed by atoms with van der Waals surface area (Å²) in [6.45, 7) is 1.47. The number of aliphatic hydroxyl groups excluding tert-OH is 1. The number of benzene rings is 1. The fourth-order valence-electron chi connectivity index (χ4n) is 3.55. The molecule has 7 heteroatoms. The van der Waals surface area contributed by atoms with Crippen LogP contribution < -0.4 is 10.7 Å². The van der Waals surface area contributed by atoms with Gasteiger partial charge in [0.25, 0.3) is 0 Å². The Morgan fingerprint density at radius 1 is 1.35 bits per heavy atom. The van der Waals surface area contributed by atoms with Crippen molar-refractivity contribution in [2.45, 2.75) is 51.1 Å². The molecule has 2 aromatic rings. The van der Waals surface area contributed by atoms with Crippen molar-refractivity contribution in [1.82, 2.24) is 4.57 Å². The molecule has 3 N–H and O–H groups in total. The van der Waals surface area contributed by atoms with Gasteiger partial charge in [-0.25, -0.2) is 9.18 Å². The molecule has 0 amide bonds. The monoisotopic (exact) mass is 362 g/mol. The van der Waals surface area contributed by atoms with Crippen molar-refractivity contribution in [2.24, 2.45) is 0 Å². The second-order valence-electron chi connectivity index (χ2n) is 6.94. The van der Waals surface area contributed by atoms with Crippen molar-refractivity contribution in [2.75, 3.05) is 11.9 Å². The molecule has 3 rings (SSSR count). The molecular formula is C19H23FN2O4. The van der Waals surface area contributed by atoms with Crippen LogP contribution >= 0.6 is 0 Å². The first-order chi connectivity index (χ1) is 12.4.